The zero-order valence-corrected chi connectivity index (χ0v) is 15.3. The van der Waals surface area contributed by atoms with Crippen molar-refractivity contribution in [1.29, 1.82) is 0 Å². The molecular weight excluding hydrogens is 268 g/mol. The number of hydrogen-bond donors (Lipinski definition) is 0. The second-order valence-electron chi connectivity index (χ2n) is 6.71. The van der Waals surface area contributed by atoms with Gasteiger partial charge in [0.15, 0.2) is 0 Å². The molecule has 0 aromatic heterocycles. The number of benzene rings is 1. The molecule has 0 N–H and O–H groups in total. The average molecular weight is 305 g/mol. The van der Waals surface area contributed by atoms with Crippen molar-refractivity contribution in [2.45, 2.75) is 65.5 Å². The van der Waals surface area contributed by atoms with Gasteiger partial charge in [0.2, 0.25) is 0 Å². The van der Waals surface area contributed by atoms with E-state index in [1.54, 1.807) is 0 Å². The van der Waals surface area contributed by atoms with Gasteiger partial charge in [0, 0.05) is 13.1 Å². The molecule has 0 bridgehead atoms. The highest BCUT2D eigenvalue weighted by molar-refractivity contribution is 5.23. The van der Waals surface area contributed by atoms with Gasteiger partial charge >= 0.3 is 0 Å². The van der Waals surface area contributed by atoms with Crippen molar-refractivity contribution in [3.05, 3.63) is 35.4 Å². The zero-order valence-electron chi connectivity index (χ0n) is 15.3. The predicted molar refractivity (Wildman–Crippen MR) is 98.2 cm³/mol. The number of nitrogens with zero attached hydrogens (tertiary/aromatic N) is 2. The van der Waals surface area contributed by atoms with E-state index < -0.39 is 0 Å². The summed E-state index contributed by atoms with van der Waals surface area (Å²) in [6.07, 6.45) is 7.90. The first-order chi connectivity index (χ1) is 10.7. The molecule has 0 aliphatic rings. The lowest BCUT2D eigenvalue weighted by Crippen LogP contribution is -2.20. The largest absolute Gasteiger partial charge is 0.302 e. The highest BCUT2D eigenvalue weighted by Crippen LogP contribution is 2.11. The van der Waals surface area contributed by atoms with E-state index in [2.05, 4.69) is 62.0 Å². The van der Waals surface area contributed by atoms with Crippen LogP contribution < -0.4 is 0 Å². The first-order valence-electron chi connectivity index (χ1n) is 9.10. The lowest BCUT2D eigenvalue weighted by atomic mass is 10.1. The third-order valence-electron chi connectivity index (χ3n) is 4.18. The van der Waals surface area contributed by atoms with Gasteiger partial charge in [-0.05, 0) is 51.2 Å². The highest BCUT2D eigenvalue weighted by atomic mass is 15.1. The van der Waals surface area contributed by atoms with Crippen LogP contribution in [0.15, 0.2) is 24.3 Å². The highest BCUT2D eigenvalue weighted by Gasteiger charge is 2.04. The van der Waals surface area contributed by atoms with Gasteiger partial charge in [0.1, 0.15) is 0 Å². The Labute approximate surface area is 138 Å². The van der Waals surface area contributed by atoms with Crippen LogP contribution in [0.25, 0.3) is 0 Å². The summed E-state index contributed by atoms with van der Waals surface area (Å²) in [5, 5.41) is 0. The van der Waals surface area contributed by atoms with Gasteiger partial charge in [-0.2, -0.15) is 0 Å². The van der Waals surface area contributed by atoms with Crippen LogP contribution in [0.1, 0.15) is 63.5 Å². The van der Waals surface area contributed by atoms with Crippen molar-refractivity contribution < 1.29 is 0 Å². The fourth-order valence-electron chi connectivity index (χ4n) is 2.87. The predicted octanol–water partition coefficient (Wildman–Crippen LogP) is 4.93. The lowest BCUT2D eigenvalue weighted by molar-refractivity contribution is 0.313. The monoisotopic (exact) mass is 304 g/mol. The molecule has 1 aromatic carbocycles. The van der Waals surface area contributed by atoms with Crippen molar-refractivity contribution in [3.63, 3.8) is 0 Å². The Morgan fingerprint density at radius 1 is 0.727 bits per heavy atom. The summed E-state index contributed by atoms with van der Waals surface area (Å²) in [4.78, 5) is 4.89. The standard InChI is InChI=1S/C20H36N2/c1-5-7-9-14-21(3)17-19-12-11-13-20(16-19)18-22(4)15-10-8-6-2/h11-13,16H,5-10,14-15,17-18H2,1-4H3. The van der Waals surface area contributed by atoms with Gasteiger partial charge in [0.05, 0.1) is 0 Å². The summed E-state index contributed by atoms with van der Waals surface area (Å²) in [5.41, 5.74) is 2.89. The summed E-state index contributed by atoms with van der Waals surface area (Å²) in [5.74, 6) is 0. The smallest absolute Gasteiger partial charge is 0.0230 e. The molecule has 0 heterocycles. The van der Waals surface area contributed by atoms with Crippen molar-refractivity contribution in [3.8, 4) is 0 Å². The van der Waals surface area contributed by atoms with Gasteiger partial charge < -0.3 is 9.80 Å². The molecule has 0 saturated heterocycles. The molecule has 0 atom stereocenters. The summed E-state index contributed by atoms with van der Waals surface area (Å²) < 4.78 is 0. The Hall–Kier alpha value is -0.860. The third-order valence-corrected chi connectivity index (χ3v) is 4.18. The molecule has 1 rings (SSSR count). The van der Waals surface area contributed by atoms with Crippen LogP contribution in [0.5, 0.6) is 0 Å². The molecule has 22 heavy (non-hydrogen) atoms. The van der Waals surface area contributed by atoms with Crippen molar-refractivity contribution in [2.75, 3.05) is 27.2 Å². The zero-order chi connectivity index (χ0) is 16.2. The topological polar surface area (TPSA) is 6.48 Å². The summed E-state index contributed by atoms with van der Waals surface area (Å²) >= 11 is 0. The fourth-order valence-corrected chi connectivity index (χ4v) is 2.87. The molecule has 0 aliphatic heterocycles. The maximum absolute atomic E-state index is 2.44. The Bertz CT molecular complexity index is 356. The molecule has 0 radical (unpaired) electrons. The van der Waals surface area contributed by atoms with E-state index in [4.69, 9.17) is 0 Å². The normalized spacial score (nSPS) is 11.5. The van der Waals surface area contributed by atoms with E-state index in [0.29, 0.717) is 0 Å². The van der Waals surface area contributed by atoms with Crippen LogP contribution >= 0.6 is 0 Å². The molecule has 1 aromatic rings. The van der Waals surface area contributed by atoms with E-state index in [9.17, 15) is 0 Å². The van der Waals surface area contributed by atoms with E-state index in [1.807, 2.05) is 0 Å². The van der Waals surface area contributed by atoms with Crippen LogP contribution in [0, 0.1) is 0 Å². The number of hydrogen-bond acceptors (Lipinski definition) is 2. The maximum atomic E-state index is 2.44. The van der Waals surface area contributed by atoms with Gasteiger partial charge in [0.25, 0.3) is 0 Å². The quantitative estimate of drug-likeness (QED) is 0.505. The van der Waals surface area contributed by atoms with E-state index in [-0.39, 0.29) is 0 Å². The second kappa shape index (κ2) is 11.7. The minimum atomic E-state index is 1.07. The average Bonchev–Trinajstić information content (AvgIpc) is 2.48. The summed E-state index contributed by atoms with van der Waals surface area (Å²) in [6, 6.07) is 9.12. The molecule has 0 unspecified atom stereocenters. The number of unbranched alkanes of at least 4 members (excludes halogenated alkanes) is 4. The van der Waals surface area contributed by atoms with E-state index in [1.165, 1.54) is 62.7 Å². The molecule has 2 nitrogen and oxygen atoms in total. The first-order valence-corrected chi connectivity index (χ1v) is 9.10. The maximum Gasteiger partial charge on any atom is 0.0230 e. The van der Waals surface area contributed by atoms with Gasteiger partial charge in [-0.1, -0.05) is 63.8 Å². The summed E-state index contributed by atoms with van der Waals surface area (Å²) in [6.45, 7) is 9.07. The second-order valence-corrected chi connectivity index (χ2v) is 6.71. The molecule has 0 saturated carbocycles. The molecule has 0 fully saturated rings. The van der Waals surface area contributed by atoms with Crippen molar-refractivity contribution in [2.24, 2.45) is 0 Å². The van der Waals surface area contributed by atoms with Crippen LogP contribution in [-0.4, -0.2) is 37.0 Å². The van der Waals surface area contributed by atoms with E-state index in [0.717, 1.165) is 13.1 Å². The van der Waals surface area contributed by atoms with Crippen molar-refractivity contribution >= 4 is 0 Å². The fraction of sp³-hybridized carbons (Fsp3) is 0.700. The van der Waals surface area contributed by atoms with Gasteiger partial charge in [-0.15, -0.1) is 0 Å². The molecule has 0 amide bonds. The minimum Gasteiger partial charge on any atom is -0.302 e. The molecule has 2 heteroatoms. The number of rotatable bonds is 12. The molecule has 126 valence electrons. The SMILES string of the molecule is CCCCCN(C)Cc1cccc(CN(C)CCCCC)c1. The Morgan fingerprint density at radius 3 is 1.59 bits per heavy atom. The third kappa shape index (κ3) is 8.55. The Kier molecular flexibility index (Phi) is 10.2. The first kappa shape index (κ1) is 19.2. The Balaban J connectivity index is 2.41. The van der Waals surface area contributed by atoms with Crippen LogP contribution in [-0.2, 0) is 13.1 Å². The van der Waals surface area contributed by atoms with E-state index >= 15 is 0 Å². The van der Waals surface area contributed by atoms with Crippen LogP contribution in [0.2, 0.25) is 0 Å². The van der Waals surface area contributed by atoms with Crippen LogP contribution in [0.3, 0.4) is 0 Å². The van der Waals surface area contributed by atoms with Crippen LogP contribution in [0.4, 0.5) is 0 Å². The molecule has 0 spiro atoms. The summed E-state index contributed by atoms with van der Waals surface area (Å²) in [7, 11) is 4.47. The lowest BCUT2D eigenvalue weighted by Gasteiger charge is -2.19. The molecule has 0 aliphatic carbocycles. The Morgan fingerprint density at radius 2 is 1.18 bits per heavy atom. The molecular formula is C20H36N2. The van der Waals surface area contributed by atoms with Gasteiger partial charge in [-0.3, -0.25) is 0 Å². The minimum absolute atomic E-state index is 1.07. The van der Waals surface area contributed by atoms with Gasteiger partial charge in [-0.25, -0.2) is 0 Å². The van der Waals surface area contributed by atoms with Crippen molar-refractivity contribution in [1.82, 2.24) is 9.80 Å².